The third-order valence-electron chi connectivity index (χ3n) is 6.34. The van der Waals surface area contributed by atoms with Crippen molar-refractivity contribution in [2.75, 3.05) is 22.9 Å². The van der Waals surface area contributed by atoms with E-state index in [0.29, 0.717) is 5.65 Å². The molecule has 180 valence electrons. The first-order valence-electron chi connectivity index (χ1n) is 12.0. The lowest BCUT2D eigenvalue weighted by molar-refractivity contribution is 0.0494. The van der Waals surface area contributed by atoms with Gasteiger partial charge in [-0.25, -0.2) is 14.8 Å². The predicted molar refractivity (Wildman–Crippen MR) is 130 cm³/mol. The van der Waals surface area contributed by atoms with Crippen LogP contribution in [0.25, 0.3) is 11.2 Å². The van der Waals surface area contributed by atoms with Gasteiger partial charge in [0.1, 0.15) is 11.4 Å². The zero-order valence-corrected chi connectivity index (χ0v) is 20.2. The summed E-state index contributed by atoms with van der Waals surface area (Å²) in [5.41, 5.74) is 3.10. The number of hydrogen-bond acceptors (Lipinski definition) is 8. The van der Waals surface area contributed by atoms with Gasteiger partial charge in [0.05, 0.1) is 17.6 Å². The molecule has 0 unspecified atom stereocenters. The number of anilines is 3. The number of hydrogen-bond donors (Lipinski definition) is 2. The van der Waals surface area contributed by atoms with Crippen LogP contribution in [0, 0.1) is 0 Å². The molecule has 0 spiro atoms. The number of aryl methyl sites for hydroxylation is 1. The van der Waals surface area contributed by atoms with Gasteiger partial charge < -0.3 is 19.9 Å². The molecular weight excluding hydrogens is 432 g/mol. The van der Waals surface area contributed by atoms with E-state index in [1.807, 2.05) is 39.2 Å². The van der Waals surface area contributed by atoms with Crippen LogP contribution in [-0.4, -0.2) is 62.0 Å². The van der Waals surface area contributed by atoms with Gasteiger partial charge in [-0.05, 0) is 65.5 Å². The number of nitrogens with one attached hydrogen (secondary N) is 2. The normalized spacial score (nSPS) is 20.8. The molecule has 1 saturated heterocycles. The van der Waals surface area contributed by atoms with Crippen LogP contribution in [0.4, 0.5) is 22.1 Å². The first-order valence-corrected chi connectivity index (χ1v) is 12.0. The molecule has 0 radical (unpaired) electrons. The Balaban J connectivity index is 1.30. The second-order valence-electron chi connectivity index (χ2n) is 10.1. The lowest BCUT2D eigenvalue weighted by Crippen LogP contribution is -2.50. The SMILES string of the molecule is C[C@@H]1C[C@@H](NC(=O)OC(C)(C)C)CCN1c1cnc2c(N3CCCc4ncccc43)n[nH]c2n1. The molecule has 2 atom stereocenters. The first kappa shape index (κ1) is 22.4. The number of aromatic nitrogens is 5. The standard InChI is InChI=1S/C24H32N8O2/c1-15-13-16(27-23(33)34-24(2,3)4)9-12-31(15)19-14-26-20-21(28-19)29-30-22(20)32-11-6-7-17-18(32)8-5-10-25-17/h5,8,10,14-16H,6-7,9,11-13H2,1-4H3,(H,27,33)(H,28,29,30)/t15-,16+/m1/s1. The number of H-pyrrole nitrogens is 1. The number of piperidine rings is 1. The van der Waals surface area contributed by atoms with E-state index in [-0.39, 0.29) is 18.2 Å². The number of fused-ring (bicyclic) bond motifs is 2. The molecule has 3 aromatic heterocycles. The van der Waals surface area contributed by atoms with E-state index < -0.39 is 5.60 Å². The molecule has 2 N–H and O–H groups in total. The van der Waals surface area contributed by atoms with Gasteiger partial charge >= 0.3 is 6.09 Å². The predicted octanol–water partition coefficient (Wildman–Crippen LogP) is 3.71. The monoisotopic (exact) mass is 464 g/mol. The Kier molecular flexibility index (Phi) is 5.75. The number of carbonyl (C=O) groups is 1. The van der Waals surface area contributed by atoms with Crippen LogP contribution < -0.4 is 15.1 Å². The molecule has 10 heteroatoms. The minimum atomic E-state index is -0.503. The maximum atomic E-state index is 12.2. The average Bonchev–Trinajstić information content (AvgIpc) is 3.20. The minimum Gasteiger partial charge on any atom is -0.444 e. The second kappa shape index (κ2) is 8.73. The van der Waals surface area contributed by atoms with Gasteiger partial charge in [-0.3, -0.25) is 10.1 Å². The van der Waals surface area contributed by atoms with Crippen molar-refractivity contribution in [3.8, 4) is 0 Å². The molecule has 2 aliphatic heterocycles. The van der Waals surface area contributed by atoms with Gasteiger partial charge in [0.15, 0.2) is 17.0 Å². The fraction of sp³-hybridized carbons (Fsp3) is 0.542. The van der Waals surface area contributed by atoms with Gasteiger partial charge in [0, 0.05) is 31.4 Å². The van der Waals surface area contributed by atoms with Crippen LogP contribution >= 0.6 is 0 Å². The molecule has 34 heavy (non-hydrogen) atoms. The van der Waals surface area contributed by atoms with Gasteiger partial charge in [-0.2, -0.15) is 5.10 Å². The zero-order valence-electron chi connectivity index (χ0n) is 20.2. The van der Waals surface area contributed by atoms with Crippen molar-refractivity contribution in [1.29, 1.82) is 0 Å². The highest BCUT2D eigenvalue weighted by atomic mass is 16.6. The summed E-state index contributed by atoms with van der Waals surface area (Å²) in [6.07, 6.45) is 6.92. The molecule has 0 saturated carbocycles. The molecule has 1 amide bonds. The van der Waals surface area contributed by atoms with Crippen molar-refractivity contribution in [1.82, 2.24) is 30.5 Å². The Bertz CT molecular complexity index is 1190. The number of carbonyl (C=O) groups excluding carboxylic acids is 1. The Morgan fingerprint density at radius 1 is 1.26 bits per heavy atom. The quantitative estimate of drug-likeness (QED) is 0.603. The average molecular weight is 465 g/mol. The summed E-state index contributed by atoms with van der Waals surface area (Å²) < 4.78 is 5.40. The van der Waals surface area contributed by atoms with E-state index in [9.17, 15) is 4.79 Å². The summed E-state index contributed by atoms with van der Waals surface area (Å²) in [5, 5.41) is 10.7. The van der Waals surface area contributed by atoms with Gasteiger partial charge in [0.25, 0.3) is 0 Å². The number of pyridine rings is 1. The van der Waals surface area contributed by atoms with Crippen LogP contribution in [0.15, 0.2) is 24.5 Å². The van der Waals surface area contributed by atoms with E-state index in [1.54, 1.807) is 0 Å². The smallest absolute Gasteiger partial charge is 0.407 e. The van der Waals surface area contributed by atoms with Crippen LogP contribution in [0.2, 0.25) is 0 Å². The van der Waals surface area contributed by atoms with Crippen molar-refractivity contribution < 1.29 is 9.53 Å². The van der Waals surface area contributed by atoms with Crippen LogP contribution in [-0.2, 0) is 11.2 Å². The van der Waals surface area contributed by atoms with Crippen molar-refractivity contribution in [3.63, 3.8) is 0 Å². The second-order valence-corrected chi connectivity index (χ2v) is 10.1. The molecule has 1 fully saturated rings. The molecule has 5 heterocycles. The molecule has 2 aliphatic rings. The Labute approximate surface area is 199 Å². The molecule has 3 aromatic rings. The zero-order chi connectivity index (χ0) is 23.9. The lowest BCUT2D eigenvalue weighted by Gasteiger charge is -2.38. The van der Waals surface area contributed by atoms with Crippen molar-refractivity contribution in [2.24, 2.45) is 0 Å². The number of nitrogens with zero attached hydrogens (tertiary/aromatic N) is 6. The van der Waals surface area contributed by atoms with E-state index in [2.05, 4.69) is 43.3 Å². The topological polar surface area (TPSA) is 112 Å². The van der Waals surface area contributed by atoms with E-state index >= 15 is 0 Å². The van der Waals surface area contributed by atoms with E-state index in [4.69, 9.17) is 14.7 Å². The number of amides is 1. The van der Waals surface area contributed by atoms with Gasteiger partial charge in [-0.15, -0.1) is 0 Å². The van der Waals surface area contributed by atoms with Crippen molar-refractivity contribution >= 4 is 34.6 Å². The molecule has 0 aliphatic carbocycles. The molecule has 0 bridgehead atoms. The van der Waals surface area contributed by atoms with Gasteiger partial charge in [0.2, 0.25) is 0 Å². The van der Waals surface area contributed by atoms with Crippen LogP contribution in [0.3, 0.4) is 0 Å². The maximum absolute atomic E-state index is 12.2. The summed E-state index contributed by atoms with van der Waals surface area (Å²) in [5.74, 6) is 1.60. The first-order chi connectivity index (χ1) is 16.3. The molecule has 0 aromatic carbocycles. The molecular formula is C24H32N8O2. The third kappa shape index (κ3) is 4.49. The van der Waals surface area contributed by atoms with E-state index in [0.717, 1.165) is 67.3 Å². The Morgan fingerprint density at radius 3 is 2.91 bits per heavy atom. The lowest BCUT2D eigenvalue weighted by atomic mass is 9.98. The highest BCUT2D eigenvalue weighted by molar-refractivity contribution is 5.87. The largest absolute Gasteiger partial charge is 0.444 e. The van der Waals surface area contributed by atoms with Crippen molar-refractivity contribution in [2.45, 2.75) is 71.1 Å². The number of aromatic amines is 1. The number of rotatable bonds is 3. The fourth-order valence-electron chi connectivity index (χ4n) is 4.84. The minimum absolute atomic E-state index is 0.0735. The highest BCUT2D eigenvalue weighted by Gasteiger charge is 2.30. The number of ether oxygens (including phenoxy) is 1. The van der Waals surface area contributed by atoms with Crippen LogP contribution in [0.5, 0.6) is 0 Å². The fourth-order valence-corrected chi connectivity index (χ4v) is 4.84. The maximum Gasteiger partial charge on any atom is 0.407 e. The Hall–Kier alpha value is -3.43. The van der Waals surface area contributed by atoms with Crippen molar-refractivity contribution in [3.05, 3.63) is 30.2 Å². The van der Waals surface area contributed by atoms with Crippen LogP contribution in [0.1, 0.15) is 52.7 Å². The Morgan fingerprint density at radius 2 is 2.12 bits per heavy atom. The summed E-state index contributed by atoms with van der Waals surface area (Å²) in [7, 11) is 0. The summed E-state index contributed by atoms with van der Waals surface area (Å²) in [4.78, 5) is 30.7. The van der Waals surface area contributed by atoms with E-state index in [1.165, 1.54) is 0 Å². The summed E-state index contributed by atoms with van der Waals surface area (Å²) in [6, 6.07) is 4.31. The highest BCUT2D eigenvalue weighted by Crippen LogP contribution is 2.34. The summed E-state index contributed by atoms with van der Waals surface area (Å²) in [6.45, 7) is 9.40. The third-order valence-corrected chi connectivity index (χ3v) is 6.34. The number of alkyl carbamates (subject to hydrolysis) is 1. The summed E-state index contributed by atoms with van der Waals surface area (Å²) >= 11 is 0. The molecule has 5 rings (SSSR count). The molecule has 10 nitrogen and oxygen atoms in total. The van der Waals surface area contributed by atoms with Gasteiger partial charge in [-0.1, -0.05) is 0 Å².